The Bertz CT molecular complexity index is 704. The minimum Gasteiger partial charge on any atom is -0.482 e. The molecule has 2 N–H and O–H groups in total. The third kappa shape index (κ3) is 3.53. The zero-order chi connectivity index (χ0) is 16.2. The van der Waals surface area contributed by atoms with E-state index in [-0.39, 0.29) is 11.9 Å². The van der Waals surface area contributed by atoms with Crippen LogP contribution < -0.4 is 10.1 Å². The number of rotatable bonds is 5. The maximum absolute atomic E-state index is 12.3. The van der Waals surface area contributed by atoms with Crippen molar-refractivity contribution in [1.29, 1.82) is 0 Å². The Morgan fingerprint density at radius 1 is 1.26 bits per heavy atom. The Hall–Kier alpha value is -2.76. The van der Waals surface area contributed by atoms with Crippen molar-refractivity contribution < 1.29 is 23.8 Å². The topological polar surface area (TPSA) is 88.8 Å². The van der Waals surface area contributed by atoms with E-state index < -0.39 is 12.6 Å². The van der Waals surface area contributed by atoms with Crippen LogP contribution in [0.3, 0.4) is 0 Å². The Labute approximate surface area is 133 Å². The fourth-order valence-electron chi connectivity index (χ4n) is 2.73. The number of aryl methyl sites for hydroxylation is 1. The van der Waals surface area contributed by atoms with Crippen LogP contribution >= 0.6 is 0 Å². The maximum Gasteiger partial charge on any atom is 0.341 e. The van der Waals surface area contributed by atoms with Gasteiger partial charge in [-0.3, -0.25) is 4.79 Å². The second kappa shape index (κ2) is 6.56. The van der Waals surface area contributed by atoms with Crippen molar-refractivity contribution in [2.45, 2.75) is 25.3 Å². The van der Waals surface area contributed by atoms with E-state index in [1.165, 1.54) is 0 Å². The molecule has 2 aromatic rings. The molecule has 1 atom stereocenters. The van der Waals surface area contributed by atoms with Crippen molar-refractivity contribution >= 4 is 11.9 Å². The number of nitrogens with one attached hydrogen (secondary N) is 1. The molecule has 1 aromatic carbocycles. The van der Waals surface area contributed by atoms with Crippen molar-refractivity contribution in [1.82, 2.24) is 5.32 Å². The number of amides is 1. The predicted molar refractivity (Wildman–Crippen MR) is 81.4 cm³/mol. The smallest absolute Gasteiger partial charge is 0.341 e. The molecule has 3 rings (SSSR count). The molecular formula is C17H17NO5. The zero-order valence-corrected chi connectivity index (χ0v) is 12.5. The first-order chi connectivity index (χ1) is 11.1. The van der Waals surface area contributed by atoms with Crippen LogP contribution in [0, 0.1) is 0 Å². The SMILES string of the molecule is O=C(O)COc1ccc(C(=O)NC2CCCc3occc32)cc1. The number of aliphatic carboxylic acids is 1. The van der Waals surface area contributed by atoms with Gasteiger partial charge in [0.05, 0.1) is 12.3 Å². The molecular weight excluding hydrogens is 298 g/mol. The minimum atomic E-state index is -1.04. The number of benzene rings is 1. The molecule has 0 aliphatic heterocycles. The van der Waals surface area contributed by atoms with Gasteiger partial charge >= 0.3 is 5.97 Å². The molecule has 6 heteroatoms. The summed E-state index contributed by atoms with van der Waals surface area (Å²) < 4.78 is 10.5. The number of furan rings is 1. The van der Waals surface area contributed by atoms with Crippen LogP contribution in [0.15, 0.2) is 41.0 Å². The van der Waals surface area contributed by atoms with Crippen molar-refractivity contribution in [3.8, 4) is 5.75 Å². The molecule has 1 aliphatic rings. The van der Waals surface area contributed by atoms with Gasteiger partial charge in [-0.05, 0) is 43.2 Å². The summed E-state index contributed by atoms with van der Waals surface area (Å²) in [7, 11) is 0. The first kappa shape index (κ1) is 15.1. The summed E-state index contributed by atoms with van der Waals surface area (Å²) in [5, 5.41) is 11.6. The highest BCUT2D eigenvalue weighted by Crippen LogP contribution is 2.30. The first-order valence-electron chi connectivity index (χ1n) is 7.45. The molecule has 23 heavy (non-hydrogen) atoms. The van der Waals surface area contributed by atoms with Crippen molar-refractivity contribution in [2.24, 2.45) is 0 Å². The third-order valence-corrected chi connectivity index (χ3v) is 3.84. The van der Waals surface area contributed by atoms with Gasteiger partial charge < -0.3 is 19.6 Å². The molecule has 1 heterocycles. The van der Waals surface area contributed by atoms with Crippen molar-refractivity contribution in [3.05, 3.63) is 53.5 Å². The van der Waals surface area contributed by atoms with Gasteiger partial charge in [0.25, 0.3) is 5.91 Å². The van der Waals surface area contributed by atoms with Crippen LogP contribution in [0.1, 0.15) is 40.6 Å². The second-order valence-corrected chi connectivity index (χ2v) is 5.42. The van der Waals surface area contributed by atoms with E-state index in [0.717, 1.165) is 30.6 Å². The van der Waals surface area contributed by atoms with Gasteiger partial charge in [-0.1, -0.05) is 0 Å². The summed E-state index contributed by atoms with van der Waals surface area (Å²) in [6.07, 6.45) is 4.43. The molecule has 0 radical (unpaired) electrons. The van der Waals surface area contributed by atoms with E-state index in [0.29, 0.717) is 11.3 Å². The van der Waals surface area contributed by atoms with E-state index in [4.69, 9.17) is 14.3 Å². The van der Waals surface area contributed by atoms with Crippen LogP contribution in [0.4, 0.5) is 0 Å². The fraction of sp³-hybridized carbons (Fsp3) is 0.294. The average Bonchev–Trinajstić information content (AvgIpc) is 3.03. The highest BCUT2D eigenvalue weighted by molar-refractivity contribution is 5.94. The number of hydrogen-bond donors (Lipinski definition) is 2. The second-order valence-electron chi connectivity index (χ2n) is 5.42. The Morgan fingerprint density at radius 2 is 2.04 bits per heavy atom. The number of carboxylic acid groups (broad SMARTS) is 1. The van der Waals surface area contributed by atoms with Crippen molar-refractivity contribution in [3.63, 3.8) is 0 Å². The highest BCUT2D eigenvalue weighted by atomic mass is 16.5. The maximum atomic E-state index is 12.3. The summed E-state index contributed by atoms with van der Waals surface area (Å²) in [6.45, 7) is -0.406. The summed E-state index contributed by atoms with van der Waals surface area (Å²) in [6, 6.07) is 8.27. The molecule has 0 spiro atoms. The predicted octanol–water partition coefficient (Wildman–Crippen LogP) is 2.55. The molecule has 1 aromatic heterocycles. The molecule has 120 valence electrons. The highest BCUT2D eigenvalue weighted by Gasteiger charge is 2.24. The number of carbonyl (C=O) groups excluding carboxylic acids is 1. The van der Waals surface area contributed by atoms with E-state index in [2.05, 4.69) is 5.32 Å². The van der Waals surface area contributed by atoms with E-state index in [1.807, 2.05) is 6.07 Å². The van der Waals surface area contributed by atoms with Gasteiger partial charge in [0.1, 0.15) is 11.5 Å². The Balaban J connectivity index is 1.64. The van der Waals surface area contributed by atoms with Gasteiger partial charge in [0.15, 0.2) is 6.61 Å². The lowest BCUT2D eigenvalue weighted by Crippen LogP contribution is -2.30. The largest absolute Gasteiger partial charge is 0.482 e. The van der Waals surface area contributed by atoms with Crippen LogP contribution in [0.5, 0.6) is 5.75 Å². The van der Waals surface area contributed by atoms with Gasteiger partial charge in [-0.2, -0.15) is 0 Å². The third-order valence-electron chi connectivity index (χ3n) is 3.84. The fourth-order valence-corrected chi connectivity index (χ4v) is 2.73. The van der Waals surface area contributed by atoms with Crippen molar-refractivity contribution in [2.75, 3.05) is 6.61 Å². The molecule has 1 unspecified atom stereocenters. The summed E-state index contributed by atoms with van der Waals surface area (Å²) in [4.78, 5) is 22.8. The minimum absolute atomic E-state index is 0.0343. The average molecular weight is 315 g/mol. The summed E-state index contributed by atoms with van der Waals surface area (Å²) in [5.74, 6) is 0.145. The van der Waals surface area contributed by atoms with E-state index in [9.17, 15) is 9.59 Å². The Morgan fingerprint density at radius 3 is 2.78 bits per heavy atom. The van der Waals surface area contributed by atoms with Crippen LogP contribution in [-0.2, 0) is 11.2 Å². The lowest BCUT2D eigenvalue weighted by atomic mass is 9.93. The molecule has 1 aliphatic carbocycles. The van der Waals surface area contributed by atoms with E-state index in [1.54, 1.807) is 30.5 Å². The quantitative estimate of drug-likeness (QED) is 0.885. The molecule has 0 saturated carbocycles. The molecule has 1 amide bonds. The number of ether oxygens (including phenoxy) is 1. The molecule has 0 saturated heterocycles. The van der Waals surface area contributed by atoms with E-state index >= 15 is 0 Å². The van der Waals surface area contributed by atoms with Crippen LogP contribution in [0.25, 0.3) is 0 Å². The number of fused-ring (bicyclic) bond motifs is 1. The zero-order valence-electron chi connectivity index (χ0n) is 12.5. The van der Waals surface area contributed by atoms with Crippen LogP contribution in [0.2, 0.25) is 0 Å². The molecule has 0 fully saturated rings. The van der Waals surface area contributed by atoms with Crippen LogP contribution in [-0.4, -0.2) is 23.6 Å². The lowest BCUT2D eigenvalue weighted by Gasteiger charge is -2.22. The van der Waals surface area contributed by atoms with Gasteiger partial charge in [-0.15, -0.1) is 0 Å². The molecule has 0 bridgehead atoms. The number of hydrogen-bond acceptors (Lipinski definition) is 4. The normalized spacial score (nSPS) is 16.4. The first-order valence-corrected chi connectivity index (χ1v) is 7.45. The molecule has 6 nitrogen and oxygen atoms in total. The standard InChI is InChI=1S/C17H17NO5/c19-16(20)10-23-12-6-4-11(5-7-12)17(21)18-14-2-1-3-15-13(14)8-9-22-15/h4-9,14H,1-3,10H2,(H,18,21)(H,19,20). The number of carbonyl (C=O) groups is 2. The summed E-state index contributed by atoms with van der Waals surface area (Å²) in [5.41, 5.74) is 1.55. The number of carboxylic acids is 1. The monoisotopic (exact) mass is 315 g/mol. The summed E-state index contributed by atoms with van der Waals surface area (Å²) >= 11 is 0. The van der Waals surface area contributed by atoms with Gasteiger partial charge in [-0.25, -0.2) is 4.79 Å². The van der Waals surface area contributed by atoms with Gasteiger partial charge in [0, 0.05) is 17.5 Å². The van der Waals surface area contributed by atoms with Gasteiger partial charge in [0.2, 0.25) is 0 Å². The Kier molecular flexibility index (Phi) is 4.32. The lowest BCUT2D eigenvalue weighted by molar-refractivity contribution is -0.139.